The molecule has 1 aromatic heterocycles. The van der Waals surface area contributed by atoms with Crippen LogP contribution < -0.4 is 10.6 Å². The van der Waals surface area contributed by atoms with Crippen molar-refractivity contribution in [2.24, 2.45) is 0 Å². The number of halogens is 3. The molecule has 90 valence electrons. The first-order valence-electron chi connectivity index (χ1n) is 4.88. The summed E-state index contributed by atoms with van der Waals surface area (Å²) in [5, 5.41) is 5.80. The third-order valence-corrected chi connectivity index (χ3v) is 2.17. The molecule has 0 fully saturated rings. The van der Waals surface area contributed by atoms with Crippen molar-refractivity contribution in [3.05, 3.63) is 23.9 Å². The van der Waals surface area contributed by atoms with Gasteiger partial charge in [-0.2, -0.15) is 13.2 Å². The van der Waals surface area contributed by atoms with Crippen LogP contribution in [0.2, 0.25) is 0 Å². The highest BCUT2D eigenvalue weighted by molar-refractivity contribution is 5.38. The smallest absolute Gasteiger partial charge is 0.369 e. The molecular formula is C10H14F3N3. The number of likely N-dealkylation sites (N-methyl/N-ethyl adjacent to an activating group) is 1. The molecule has 1 unspecified atom stereocenters. The SMILES string of the molecule is CNC(C)CNc1cc(C(F)(F)F)ccn1. The zero-order chi connectivity index (χ0) is 12.2. The minimum atomic E-state index is -4.33. The summed E-state index contributed by atoms with van der Waals surface area (Å²) >= 11 is 0. The molecule has 3 nitrogen and oxygen atoms in total. The van der Waals surface area contributed by atoms with Crippen LogP contribution in [0.25, 0.3) is 0 Å². The van der Waals surface area contributed by atoms with E-state index in [9.17, 15) is 13.2 Å². The highest BCUT2D eigenvalue weighted by Crippen LogP contribution is 2.29. The molecule has 0 aromatic carbocycles. The second-order valence-electron chi connectivity index (χ2n) is 3.50. The highest BCUT2D eigenvalue weighted by Gasteiger charge is 2.30. The van der Waals surface area contributed by atoms with Crippen molar-refractivity contribution in [3.8, 4) is 0 Å². The normalized spacial score (nSPS) is 13.6. The number of hydrogen-bond acceptors (Lipinski definition) is 3. The van der Waals surface area contributed by atoms with Gasteiger partial charge in [0.15, 0.2) is 0 Å². The Morgan fingerprint density at radius 2 is 2.12 bits per heavy atom. The van der Waals surface area contributed by atoms with E-state index in [1.54, 1.807) is 7.05 Å². The zero-order valence-corrected chi connectivity index (χ0v) is 9.10. The Kier molecular flexibility index (Phi) is 4.12. The Labute approximate surface area is 92.1 Å². The van der Waals surface area contributed by atoms with Gasteiger partial charge in [-0.05, 0) is 26.1 Å². The lowest BCUT2D eigenvalue weighted by Crippen LogP contribution is -2.29. The molecular weight excluding hydrogens is 219 g/mol. The summed E-state index contributed by atoms with van der Waals surface area (Å²) in [6.07, 6.45) is -3.18. The largest absolute Gasteiger partial charge is 0.416 e. The summed E-state index contributed by atoms with van der Waals surface area (Å²) < 4.78 is 37.1. The van der Waals surface area contributed by atoms with Gasteiger partial charge in [-0.3, -0.25) is 0 Å². The molecule has 0 aliphatic heterocycles. The van der Waals surface area contributed by atoms with Crippen LogP contribution >= 0.6 is 0 Å². The molecule has 0 aliphatic carbocycles. The molecule has 0 aliphatic rings. The standard InChI is InChI=1S/C10H14F3N3/c1-7(14-2)6-16-9-5-8(3-4-15-9)10(11,12)13/h3-5,7,14H,6H2,1-2H3,(H,15,16). The number of nitrogens with one attached hydrogen (secondary N) is 2. The first-order chi connectivity index (χ1) is 7.43. The first kappa shape index (κ1) is 12.8. The van der Waals surface area contributed by atoms with Crippen LogP contribution in [0.5, 0.6) is 0 Å². The molecule has 0 radical (unpaired) electrons. The zero-order valence-electron chi connectivity index (χ0n) is 9.10. The van der Waals surface area contributed by atoms with Gasteiger partial charge in [0, 0.05) is 18.8 Å². The first-order valence-corrected chi connectivity index (χ1v) is 4.88. The molecule has 0 amide bonds. The Morgan fingerprint density at radius 1 is 1.44 bits per heavy atom. The fourth-order valence-corrected chi connectivity index (χ4v) is 1.06. The average molecular weight is 233 g/mol. The van der Waals surface area contributed by atoms with Gasteiger partial charge in [-0.1, -0.05) is 0 Å². The summed E-state index contributed by atoms with van der Waals surface area (Å²) in [6, 6.07) is 2.12. The van der Waals surface area contributed by atoms with Crippen molar-refractivity contribution < 1.29 is 13.2 Å². The van der Waals surface area contributed by atoms with Gasteiger partial charge in [0.1, 0.15) is 5.82 Å². The van der Waals surface area contributed by atoms with E-state index in [4.69, 9.17) is 0 Å². The number of anilines is 1. The maximum atomic E-state index is 12.4. The fourth-order valence-electron chi connectivity index (χ4n) is 1.06. The van der Waals surface area contributed by atoms with E-state index in [-0.39, 0.29) is 11.9 Å². The van der Waals surface area contributed by atoms with Crippen LogP contribution in [0.1, 0.15) is 12.5 Å². The van der Waals surface area contributed by atoms with Crippen LogP contribution in [0, 0.1) is 0 Å². The molecule has 6 heteroatoms. The van der Waals surface area contributed by atoms with Crippen LogP contribution in [-0.2, 0) is 6.18 Å². The molecule has 1 heterocycles. The molecule has 2 N–H and O–H groups in total. The predicted octanol–water partition coefficient (Wildman–Crippen LogP) is 2.12. The lowest BCUT2D eigenvalue weighted by Gasteiger charge is -2.13. The maximum absolute atomic E-state index is 12.4. The molecule has 0 saturated heterocycles. The van der Waals surface area contributed by atoms with Crippen LogP contribution in [0.3, 0.4) is 0 Å². The van der Waals surface area contributed by atoms with Crippen molar-refractivity contribution in [3.63, 3.8) is 0 Å². The molecule has 0 saturated carbocycles. The third-order valence-electron chi connectivity index (χ3n) is 2.17. The minimum Gasteiger partial charge on any atom is -0.369 e. The van der Waals surface area contributed by atoms with Crippen molar-refractivity contribution in [1.29, 1.82) is 0 Å². The number of nitrogens with zero attached hydrogens (tertiary/aromatic N) is 1. The predicted molar refractivity (Wildman–Crippen MR) is 56.3 cm³/mol. The number of hydrogen-bond donors (Lipinski definition) is 2. The van der Waals surface area contributed by atoms with Gasteiger partial charge < -0.3 is 10.6 Å². The highest BCUT2D eigenvalue weighted by atomic mass is 19.4. The van der Waals surface area contributed by atoms with E-state index < -0.39 is 11.7 Å². The molecule has 0 bridgehead atoms. The van der Waals surface area contributed by atoms with E-state index in [0.717, 1.165) is 18.3 Å². The quantitative estimate of drug-likeness (QED) is 0.836. The van der Waals surface area contributed by atoms with Gasteiger partial charge in [0.25, 0.3) is 0 Å². The topological polar surface area (TPSA) is 37.0 Å². The van der Waals surface area contributed by atoms with Gasteiger partial charge in [-0.25, -0.2) is 4.98 Å². The Bertz CT molecular complexity index is 338. The number of alkyl halides is 3. The van der Waals surface area contributed by atoms with Crippen molar-refractivity contribution in [2.75, 3.05) is 18.9 Å². The molecule has 1 rings (SSSR count). The summed E-state index contributed by atoms with van der Waals surface area (Å²) in [5.41, 5.74) is -0.692. The van der Waals surface area contributed by atoms with Gasteiger partial charge in [0.05, 0.1) is 5.56 Å². The van der Waals surface area contributed by atoms with Gasteiger partial charge in [-0.15, -0.1) is 0 Å². The van der Waals surface area contributed by atoms with Crippen LogP contribution in [0.4, 0.5) is 19.0 Å². The summed E-state index contributed by atoms with van der Waals surface area (Å²) in [7, 11) is 1.78. The Morgan fingerprint density at radius 3 is 2.69 bits per heavy atom. The molecule has 1 atom stereocenters. The summed E-state index contributed by atoms with van der Waals surface area (Å²) in [4.78, 5) is 3.82. The third kappa shape index (κ3) is 3.69. The monoisotopic (exact) mass is 233 g/mol. The number of aromatic nitrogens is 1. The van der Waals surface area contributed by atoms with E-state index in [1.165, 1.54) is 0 Å². The Balaban J connectivity index is 2.68. The lowest BCUT2D eigenvalue weighted by atomic mass is 10.2. The fraction of sp³-hybridized carbons (Fsp3) is 0.500. The molecule has 1 aromatic rings. The van der Waals surface area contributed by atoms with Crippen LogP contribution in [0.15, 0.2) is 18.3 Å². The van der Waals surface area contributed by atoms with Crippen molar-refractivity contribution >= 4 is 5.82 Å². The second-order valence-corrected chi connectivity index (χ2v) is 3.50. The average Bonchev–Trinajstić information content (AvgIpc) is 2.25. The molecule has 0 spiro atoms. The maximum Gasteiger partial charge on any atom is 0.416 e. The van der Waals surface area contributed by atoms with E-state index in [0.29, 0.717) is 6.54 Å². The summed E-state index contributed by atoms with van der Waals surface area (Å²) in [5.74, 6) is 0.233. The van der Waals surface area contributed by atoms with Crippen molar-refractivity contribution in [1.82, 2.24) is 10.3 Å². The summed E-state index contributed by atoms with van der Waals surface area (Å²) in [6.45, 7) is 2.44. The molecule has 16 heavy (non-hydrogen) atoms. The van der Waals surface area contributed by atoms with Gasteiger partial charge >= 0.3 is 6.18 Å². The van der Waals surface area contributed by atoms with E-state index in [1.807, 2.05) is 6.92 Å². The second kappa shape index (κ2) is 5.16. The van der Waals surface area contributed by atoms with E-state index in [2.05, 4.69) is 15.6 Å². The minimum absolute atomic E-state index is 0.163. The van der Waals surface area contributed by atoms with Gasteiger partial charge in [0.2, 0.25) is 0 Å². The van der Waals surface area contributed by atoms with E-state index >= 15 is 0 Å². The van der Waals surface area contributed by atoms with Crippen LogP contribution in [-0.4, -0.2) is 24.6 Å². The Hall–Kier alpha value is -1.30. The number of pyridine rings is 1. The van der Waals surface area contributed by atoms with Crippen molar-refractivity contribution in [2.45, 2.75) is 19.1 Å². The number of rotatable bonds is 4. The lowest BCUT2D eigenvalue weighted by molar-refractivity contribution is -0.137.